The second-order valence-electron chi connectivity index (χ2n) is 6.42. The number of aromatic nitrogens is 4. The number of benzene rings is 2. The molecular weight excluding hydrogens is 390 g/mol. The van der Waals surface area contributed by atoms with Crippen LogP contribution in [0.1, 0.15) is 12.5 Å². The monoisotopic (exact) mass is 409 g/mol. The smallest absolute Gasteiger partial charge is 0.266 e. The van der Waals surface area contributed by atoms with Gasteiger partial charge in [-0.1, -0.05) is 23.5 Å². The third-order valence-corrected chi connectivity index (χ3v) is 5.06. The highest BCUT2D eigenvalue weighted by Crippen LogP contribution is 2.25. The van der Waals surface area contributed by atoms with Gasteiger partial charge in [0.05, 0.1) is 7.11 Å². The van der Waals surface area contributed by atoms with Crippen molar-refractivity contribution in [1.29, 1.82) is 0 Å². The van der Waals surface area contributed by atoms with Crippen molar-refractivity contribution >= 4 is 27.3 Å². The Balaban J connectivity index is 1.49. The molecule has 2 aromatic heterocycles. The van der Waals surface area contributed by atoms with Crippen molar-refractivity contribution in [3.8, 4) is 22.9 Å². The number of nitrogens with one attached hydrogen (secondary N) is 1. The van der Waals surface area contributed by atoms with E-state index in [0.29, 0.717) is 21.7 Å². The highest BCUT2D eigenvalue weighted by molar-refractivity contribution is 7.20. The fourth-order valence-electron chi connectivity index (χ4n) is 2.74. The number of rotatable bonds is 6. The van der Waals surface area contributed by atoms with Crippen molar-refractivity contribution in [3.05, 3.63) is 54.1 Å². The normalized spacial score (nSPS) is 12.0. The van der Waals surface area contributed by atoms with E-state index < -0.39 is 6.10 Å². The average Bonchev–Trinajstić information content (AvgIpc) is 3.28. The number of fused-ring (bicyclic) bond motifs is 1. The van der Waals surface area contributed by atoms with E-state index in [-0.39, 0.29) is 5.91 Å². The average molecular weight is 409 g/mol. The van der Waals surface area contributed by atoms with Gasteiger partial charge in [-0.2, -0.15) is 4.52 Å². The first-order valence-electron chi connectivity index (χ1n) is 8.94. The van der Waals surface area contributed by atoms with Crippen molar-refractivity contribution in [2.24, 2.45) is 0 Å². The predicted octanol–water partition coefficient (Wildman–Crippen LogP) is 3.58. The Morgan fingerprint density at radius 3 is 2.66 bits per heavy atom. The molecule has 29 heavy (non-hydrogen) atoms. The Morgan fingerprint density at radius 1 is 1.14 bits per heavy atom. The van der Waals surface area contributed by atoms with Gasteiger partial charge in [-0.05, 0) is 55.8 Å². The summed E-state index contributed by atoms with van der Waals surface area (Å²) in [6.07, 6.45) is -0.674. The molecule has 0 fully saturated rings. The first-order valence-corrected chi connectivity index (χ1v) is 9.76. The number of methoxy groups -OCH3 is 1. The topological polar surface area (TPSA) is 90.6 Å². The van der Waals surface area contributed by atoms with Crippen LogP contribution in [0.15, 0.2) is 48.5 Å². The number of ether oxygens (including phenoxy) is 2. The van der Waals surface area contributed by atoms with Crippen molar-refractivity contribution < 1.29 is 14.3 Å². The van der Waals surface area contributed by atoms with E-state index in [0.717, 1.165) is 16.9 Å². The lowest BCUT2D eigenvalue weighted by Gasteiger charge is -2.13. The third kappa shape index (κ3) is 4.04. The molecule has 9 heteroatoms. The second kappa shape index (κ2) is 7.88. The molecular formula is C20H19N5O3S. The number of carbonyl (C=O) groups excluding carboxylic acids is 1. The van der Waals surface area contributed by atoms with Gasteiger partial charge in [0.15, 0.2) is 11.9 Å². The van der Waals surface area contributed by atoms with Crippen LogP contribution in [-0.4, -0.2) is 38.9 Å². The standard InChI is InChI=1S/C20H19N5O3S/c1-12-5-4-6-16(11-12)28-13(2)18(26)21-19-24-25-17(22-23-20(25)29-19)14-7-9-15(27-3)10-8-14/h4-11,13H,1-3H3,(H,21,24,26). The molecule has 0 spiro atoms. The maximum absolute atomic E-state index is 12.5. The van der Waals surface area contributed by atoms with E-state index in [1.807, 2.05) is 55.5 Å². The van der Waals surface area contributed by atoms with E-state index in [1.165, 1.54) is 11.3 Å². The van der Waals surface area contributed by atoms with Crippen LogP contribution in [0.4, 0.5) is 5.13 Å². The number of anilines is 1. The van der Waals surface area contributed by atoms with Crippen LogP contribution >= 0.6 is 11.3 Å². The van der Waals surface area contributed by atoms with E-state index >= 15 is 0 Å². The Bertz CT molecular complexity index is 1150. The molecule has 1 atom stereocenters. The minimum atomic E-state index is -0.674. The summed E-state index contributed by atoms with van der Waals surface area (Å²) in [6, 6.07) is 15.0. The number of hydrogen-bond donors (Lipinski definition) is 1. The summed E-state index contributed by atoms with van der Waals surface area (Å²) in [6.45, 7) is 3.66. The summed E-state index contributed by atoms with van der Waals surface area (Å²) >= 11 is 1.24. The maximum atomic E-state index is 12.5. The van der Waals surface area contributed by atoms with Crippen LogP contribution in [0.2, 0.25) is 0 Å². The van der Waals surface area contributed by atoms with Gasteiger partial charge < -0.3 is 9.47 Å². The summed E-state index contributed by atoms with van der Waals surface area (Å²) < 4.78 is 12.5. The third-order valence-electron chi connectivity index (χ3n) is 4.24. The van der Waals surface area contributed by atoms with E-state index in [2.05, 4.69) is 20.6 Å². The van der Waals surface area contributed by atoms with Crippen molar-refractivity contribution in [3.63, 3.8) is 0 Å². The lowest BCUT2D eigenvalue weighted by atomic mass is 10.2. The van der Waals surface area contributed by atoms with Gasteiger partial charge >= 0.3 is 0 Å². The lowest BCUT2D eigenvalue weighted by Crippen LogP contribution is -2.30. The van der Waals surface area contributed by atoms with E-state index in [9.17, 15) is 4.79 Å². The number of nitrogens with zero attached hydrogens (tertiary/aromatic N) is 4. The van der Waals surface area contributed by atoms with Crippen LogP contribution in [0, 0.1) is 6.92 Å². The van der Waals surface area contributed by atoms with E-state index in [1.54, 1.807) is 18.5 Å². The van der Waals surface area contributed by atoms with E-state index in [4.69, 9.17) is 9.47 Å². The van der Waals surface area contributed by atoms with Gasteiger partial charge in [-0.25, -0.2) is 0 Å². The minimum Gasteiger partial charge on any atom is -0.497 e. The Labute approximate surface area is 171 Å². The number of amides is 1. The summed E-state index contributed by atoms with van der Waals surface area (Å²) in [5.41, 5.74) is 1.91. The second-order valence-corrected chi connectivity index (χ2v) is 7.38. The molecule has 4 rings (SSSR count). The molecule has 0 aliphatic carbocycles. The molecule has 4 aromatic rings. The molecule has 1 unspecified atom stereocenters. The quantitative estimate of drug-likeness (QED) is 0.523. The van der Waals surface area contributed by atoms with Crippen LogP contribution in [-0.2, 0) is 4.79 Å². The van der Waals surface area contributed by atoms with Crippen molar-refractivity contribution in [2.75, 3.05) is 12.4 Å². The molecule has 0 aliphatic heterocycles. The van der Waals surface area contributed by atoms with Gasteiger partial charge in [-0.15, -0.1) is 15.3 Å². The zero-order valence-electron chi connectivity index (χ0n) is 16.1. The highest BCUT2D eigenvalue weighted by atomic mass is 32.1. The van der Waals surface area contributed by atoms with Crippen LogP contribution in [0.3, 0.4) is 0 Å². The molecule has 1 N–H and O–H groups in total. The molecule has 2 aromatic carbocycles. The molecule has 148 valence electrons. The maximum Gasteiger partial charge on any atom is 0.266 e. The Kier molecular flexibility index (Phi) is 5.13. The molecule has 8 nitrogen and oxygen atoms in total. The fourth-order valence-corrected chi connectivity index (χ4v) is 3.48. The van der Waals surface area contributed by atoms with Crippen LogP contribution in [0.5, 0.6) is 11.5 Å². The SMILES string of the molecule is COc1ccc(-c2nnc3sc(NC(=O)C(C)Oc4cccc(C)c4)nn23)cc1. The minimum absolute atomic E-state index is 0.289. The van der Waals surface area contributed by atoms with Gasteiger partial charge in [0.25, 0.3) is 5.91 Å². The zero-order valence-corrected chi connectivity index (χ0v) is 16.9. The number of carbonyl (C=O) groups is 1. The molecule has 0 bridgehead atoms. The molecule has 0 aliphatic rings. The van der Waals surface area contributed by atoms with Gasteiger partial charge in [0.2, 0.25) is 10.1 Å². The highest BCUT2D eigenvalue weighted by Gasteiger charge is 2.19. The molecule has 0 saturated heterocycles. The summed E-state index contributed by atoms with van der Waals surface area (Å²) in [7, 11) is 1.61. The number of hydrogen-bond acceptors (Lipinski definition) is 7. The Hall–Kier alpha value is -3.46. The summed E-state index contributed by atoms with van der Waals surface area (Å²) in [5, 5.41) is 16.0. The molecule has 0 radical (unpaired) electrons. The predicted molar refractivity (Wildman–Crippen MR) is 111 cm³/mol. The first kappa shape index (κ1) is 18.9. The van der Waals surface area contributed by atoms with Gasteiger partial charge in [0.1, 0.15) is 11.5 Å². The Morgan fingerprint density at radius 2 is 1.93 bits per heavy atom. The first-order chi connectivity index (χ1) is 14.0. The fraction of sp³-hybridized carbons (Fsp3) is 0.200. The van der Waals surface area contributed by atoms with Gasteiger partial charge in [0, 0.05) is 5.56 Å². The lowest BCUT2D eigenvalue weighted by molar-refractivity contribution is -0.122. The largest absolute Gasteiger partial charge is 0.497 e. The molecule has 1 amide bonds. The van der Waals surface area contributed by atoms with Crippen LogP contribution in [0.25, 0.3) is 16.3 Å². The summed E-state index contributed by atoms with van der Waals surface area (Å²) in [5.74, 6) is 1.70. The van der Waals surface area contributed by atoms with Crippen molar-refractivity contribution in [1.82, 2.24) is 19.8 Å². The van der Waals surface area contributed by atoms with Crippen LogP contribution < -0.4 is 14.8 Å². The number of aryl methyl sites for hydroxylation is 1. The summed E-state index contributed by atoms with van der Waals surface area (Å²) in [4.78, 5) is 13.1. The molecule has 0 saturated carbocycles. The van der Waals surface area contributed by atoms with Gasteiger partial charge in [-0.3, -0.25) is 10.1 Å². The van der Waals surface area contributed by atoms with Crippen molar-refractivity contribution in [2.45, 2.75) is 20.0 Å². The molecule has 2 heterocycles. The zero-order chi connectivity index (χ0) is 20.4.